The molecule has 0 aromatic heterocycles. The number of hydrogen-bond donors (Lipinski definition) is 2. The summed E-state index contributed by atoms with van der Waals surface area (Å²) in [6, 6.07) is 15.4. The molecule has 2 N–H and O–H groups in total. The number of benzene rings is 2. The van der Waals surface area contributed by atoms with Crippen molar-refractivity contribution in [2.75, 3.05) is 12.9 Å². The summed E-state index contributed by atoms with van der Waals surface area (Å²) in [4.78, 5) is 53.2. The molecule has 43 heavy (non-hydrogen) atoms. The van der Waals surface area contributed by atoms with E-state index in [0.29, 0.717) is 12.2 Å². The van der Waals surface area contributed by atoms with Crippen molar-refractivity contribution in [3.05, 3.63) is 77.2 Å². The molecule has 2 heterocycles. The smallest absolute Gasteiger partial charge is 0.408 e. The third-order valence-corrected chi connectivity index (χ3v) is 7.77. The van der Waals surface area contributed by atoms with E-state index in [1.54, 1.807) is 52.1 Å². The van der Waals surface area contributed by atoms with Crippen LogP contribution in [0.3, 0.4) is 0 Å². The number of thioether (sulfide) groups is 1. The molecule has 1 fully saturated rings. The van der Waals surface area contributed by atoms with Crippen LogP contribution in [-0.2, 0) is 41.6 Å². The maximum absolute atomic E-state index is 13.5. The minimum absolute atomic E-state index is 0.0515. The largest absolute Gasteiger partial charge is 0.497 e. The van der Waals surface area contributed by atoms with E-state index in [2.05, 4.69) is 10.6 Å². The van der Waals surface area contributed by atoms with Crippen LogP contribution in [0.25, 0.3) is 0 Å². The fourth-order valence-corrected chi connectivity index (χ4v) is 5.71. The second-order valence-electron chi connectivity index (χ2n) is 11.0. The standard InChI is InChI=1S/C31H37N3O8S/c1-6-24(32-23(35)16-19-10-8-7-9-11-19)41-22-18-43-28-25(33-30(38)42-31(2,3)4)27(36)34(28)26(22)29(37)40-17-20-12-14-21(39-5)15-13-20/h7-15,24-25,28H,6,16-18H2,1-5H3,(H,32,35)(H,33,38)/t24?,25-,28-/m0/s1. The summed E-state index contributed by atoms with van der Waals surface area (Å²) in [6.45, 7) is 6.96. The van der Waals surface area contributed by atoms with Crippen molar-refractivity contribution >= 4 is 35.6 Å². The Labute approximate surface area is 255 Å². The third kappa shape index (κ3) is 8.22. The molecular formula is C31H37N3O8S. The van der Waals surface area contributed by atoms with E-state index in [1.807, 2.05) is 37.3 Å². The van der Waals surface area contributed by atoms with E-state index in [1.165, 1.54) is 16.7 Å². The average molecular weight is 612 g/mol. The Hall–Kier alpha value is -4.19. The average Bonchev–Trinajstić information content (AvgIpc) is 2.97. The second-order valence-corrected chi connectivity index (χ2v) is 12.1. The number of fused-ring (bicyclic) bond motifs is 1. The molecular weight excluding hydrogens is 574 g/mol. The number of alkyl carbamates (subject to hydrolysis) is 1. The van der Waals surface area contributed by atoms with Gasteiger partial charge in [0.15, 0.2) is 11.9 Å². The number of ether oxygens (including phenoxy) is 4. The highest BCUT2D eigenvalue weighted by Gasteiger charge is 2.55. The van der Waals surface area contributed by atoms with E-state index >= 15 is 0 Å². The Bertz CT molecular complexity index is 1360. The van der Waals surface area contributed by atoms with Gasteiger partial charge in [-0.25, -0.2) is 9.59 Å². The quantitative estimate of drug-likeness (QED) is 0.221. The zero-order chi connectivity index (χ0) is 31.1. The maximum Gasteiger partial charge on any atom is 0.408 e. The number of carbonyl (C=O) groups excluding carboxylic acids is 4. The summed E-state index contributed by atoms with van der Waals surface area (Å²) >= 11 is 1.32. The highest BCUT2D eigenvalue weighted by Crippen LogP contribution is 2.41. The van der Waals surface area contributed by atoms with Gasteiger partial charge in [0.1, 0.15) is 35.1 Å². The van der Waals surface area contributed by atoms with Crippen molar-refractivity contribution in [3.63, 3.8) is 0 Å². The number of hydrogen-bond acceptors (Lipinski definition) is 9. The first kappa shape index (κ1) is 31.7. The summed E-state index contributed by atoms with van der Waals surface area (Å²) in [6.07, 6.45) is -0.910. The molecule has 4 rings (SSSR count). The molecule has 3 atom stereocenters. The zero-order valence-corrected chi connectivity index (χ0v) is 25.7. The molecule has 230 valence electrons. The van der Waals surface area contributed by atoms with Crippen molar-refractivity contribution in [2.45, 2.75) is 70.4 Å². The minimum atomic E-state index is -0.890. The lowest BCUT2D eigenvalue weighted by Gasteiger charge is -2.49. The van der Waals surface area contributed by atoms with Gasteiger partial charge in [-0.2, -0.15) is 0 Å². The maximum atomic E-state index is 13.5. The monoisotopic (exact) mass is 611 g/mol. The van der Waals surface area contributed by atoms with E-state index in [9.17, 15) is 19.2 Å². The lowest BCUT2D eigenvalue weighted by molar-refractivity contribution is -0.153. The summed E-state index contributed by atoms with van der Waals surface area (Å²) in [5.41, 5.74) is 0.772. The van der Waals surface area contributed by atoms with Crippen LogP contribution in [0.4, 0.5) is 4.79 Å². The van der Waals surface area contributed by atoms with E-state index in [-0.39, 0.29) is 36.1 Å². The minimum Gasteiger partial charge on any atom is -0.497 e. The molecule has 11 nitrogen and oxygen atoms in total. The first-order valence-electron chi connectivity index (χ1n) is 14.0. The first-order chi connectivity index (χ1) is 20.5. The lowest BCUT2D eigenvalue weighted by Crippen LogP contribution is -2.71. The van der Waals surface area contributed by atoms with Crippen molar-refractivity contribution < 1.29 is 38.1 Å². The Morgan fingerprint density at radius 1 is 1.05 bits per heavy atom. The van der Waals surface area contributed by atoms with Gasteiger partial charge in [-0.05, 0) is 44.0 Å². The normalized spacial score (nSPS) is 18.5. The molecule has 3 amide bonds. The summed E-state index contributed by atoms with van der Waals surface area (Å²) < 4.78 is 22.2. The van der Waals surface area contributed by atoms with Crippen molar-refractivity contribution in [1.29, 1.82) is 0 Å². The predicted octanol–water partition coefficient (Wildman–Crippen LogP) is 3.87. The fraction of sp³-hybridized carbons (Fsp3) is 0.419. The zero-order valence-electron chi connectivity index (χ0n) is 24.9. The van der Waals surface area contributed by atoms with Gasteiger partial charge >= 0.3 is 12.1 Å². The number of amides is 3. The van der Waals surface area contributed by atoms with Crippen LogP contribution in [0.5, 0.6) is 5.75 Å². The summed E-state index contributed by atoms with van der Waals surface area (Å²) in [7, 11) is 1.56. The molecule has 1 unspecified atom stereocenters. The Morgan fingerprint density at radius 2 is 1.74 bits per heavy atom. The Morgan fingerprint density at radius 3 is 2.37 bits per heavy atom. The van der Waals surface area contributed by atoms with Gasteiger partial charge in [-0.15, -0.1) is 11.8 Å². The van der Waals surface area contributed by atoms with Gasteiger partial charge in [0.25, 0.3) is 5.91 Å². The van der Waals surface area contributed by atoms with E-state index in [0.717, 1.165) is 11.1 Å². The van der Waals surface area contributed by atoms with Crippen LogP contribution in [0, 0.1) is 0 Å². The van der Waals surface area contributed by atoms with Crippen molar-refractivity contribution in [2.24, 2.45) is 0 Å². The Balaban J connectivity index is 1.52. The molecule has 1 saturated heterocycles. The van der Waals surface area contributed by atoms with Crippen LogP contribution in [-0.4, -0.2) is 64.9 Å². The molecule has 12 heteroatoms. The summed E-state index contributed by atoms with van der Waals surface area (Å²) in [5, 5.41) is 4.90. The van der Waals surface area contributed by atoms with Gasteiger partial charge in [0.05, 0.1) is 19.3 Å². The first-order valence-corrected chi connectivity index (χ1v) is 15.0. The van der Waals surface area contributed by atoms with Crippen LogP contribution < -0.4 is 15.4 Å². The second kappa shape index (κ2) is 13.9. The number of rotatable bonds is 11. The highest BCUT2D eigenvalue weighted by atomic mass is 32.2. The van der Waals surface area contributed by atoms with Crippen molar-refractivity contribution in [1.82, 2.24) is 15.5 Å². The number of nitrogens with zero attached hydrogens (tertiary/aromatic N) is 1. The highest BCUT2D eigenvalue weighted by molar-refractivity contribution is 8.00. The molecule has 0 saturated carbocycles. The van der Waals surface area contributed by atoms with Crippen LogP contribution in [0.15, 0.2) is 66.1 Å². The van der Waals surface area contributed by atoms with Gasteiger partial charge in [-0.1, -0.05) is 49.4 Å². The number of β-lactam (4-membered cyclic amide) rings is 1. The third-order valence-electron chi connectivity index (χ3n) is 6.51. The number of esters is 1. The van der Waals surface area contributed by atoms with E-state index in [4.69, 9.17) is 18.9 Å². The number of methoxy groups -OCH3 is 1. The Kier molecular flexibility index (Phi) is 10.2. The SMILES string of the molecule is CCC(NC(=O)Cc1ccccc1)OC1=C(C(=O)OCc2ccc(OC)cc2)N2C(=O)[C@H](NC(=O)OC(C)(C)C)[C@@H]2SC1. The fourth-order valence-electron chi connectivity index (χ4n) is 4.44. The van der Waals surface area contributed by atoms with Crippen LogP contribution in [0.1, 0.15) is 45.2 Å². The number of carbonyl (C=O) groups is 4. The molecule has 2 aliphatic rings. The lowest BCUT2D eigenvalue weighted by atomic mass is 10.0. The van der Waals surface area contributed by atoms with Gasteiger partial charge in [0.2, 0.25) is 5.91 Å². The molecule has 0 spiro atoms. The van der Waals surface area contributed by atoms with Gasteiger partial charge in [0, 0.05) is 6.42 Å². The topological polar surface area (TPSA) is 132 Å². The van der Waals surface area contributed by atoms with Gasteiger partial charge in [-0.3, -0.25) is 14.5 Å². The van der Waals surface area contributed by atoms with Crippen LogP contribution >= 0.6 is 11.8 Å². The summed E-state index contributed by atoms with van der Waals surface area (Å²) in [5.74, 6) is -0.427. The molecule has 2 aliphatic heterocycles. The molecule has 2 aromatic rings. The van der Waals surface area contributed by atoms with Gasteiger partial charge < -0.3 is 29.6 Å². The molecule has 2 aromatic carbocycles. The molecule has 0 aliphatic carbocycles. The van der Waals surface area contributed by atoms with E-state index < -0.39 is 41.2 Å². The van der Waals surface area contributed by atoms with Crippen LogP contribution in [0.2, 0.25) is 0 Å². The molecule has 0 bridgehead atoms. The predicted molar refractivity (Wildman–Crippen MR) is 160 cm³/mol. The molecule has 0 radical (unpaired) electrons. The van der Waals surface area contributed by atoms with Crippen molar-refractivity contribution in [3.8, 4) is 5.75 Å². The number of nitrogens with one attached hydrogen (secondary N) is 2.